The van der Waals surface area contributed by atoms with E-state index in [2.05, 4.69) is 9.97 Å². The normalized spacial score (nSPS) is 31.5. The van der Waals surface area contributed by atoms with Gasteiger partial charge < -0.3 is 35.6 Å². The number of rotatable bonds is 3. The smallest absolute Gasteiger partial charge is 0.278 e. The second kappa shape index (κ2) is 5.80. The second-order valence-electron chi connectivity index (χ2n) is 5.51. The molecule has 11 heteroatoms. The number of anilines is 3. The van der Waals surface area contributed by atoms with E-state index in [4.69, 9.17) is 22.1 Å². The summed E-state index contributed by atoms with van der Waals surface area (Å²) in [4.78, 5) is 21.7. The SMILES string of the molecule is CC(Cl)N1CN([C@@H]2O[C@H](CO)[C@@H](O)[C@H]2O)c2nc(N)[nH]c(=O)c21. The molecule has 1 aromatic rings. The predicted octanol–water partition coefficient (Wildman–Crippen LogP) is -2.04. The van der Waals surface area contributed by atoms with Gasteiger partial charge >= 0.3 is 0 Å². The number of ether oxygens (including phenoxy) is 1. The number of aromatic amines is 1. The van der Waals surface area contributed by atoms with Gasteiger partial charge in [0, 0.05) is 0 Å². The average molecular weight is 348 g/mol. The molecule has 1 aromatic heterocycles. The molecule has 23 heavy (non-hydrogen) atoms. The van der Waals surface area contributed by atoms with Crippen LogP contribution in [0, 0.1) is 0 Å². The van der Waals surface area contributed by atoms with Crippen LogP contribution in [-0.2, 0) is 4.74 Å². The van der Waals surface area contributed by atoms with Gasteiger partial charge in [0.25, 0.3) is 5.56 Å². The molecule has 6 N–H and O–H groups in total. The van der Waals surface area contributed by atoms with Crippen molar-refractivity contribution in [2.45, 2.75) is 37.0 Å². The van der Waals surface area contributed by atoms with Crippen LogP contribution in [0.2, 0.25) is 0 Å². The molecule has 0 aliphatic carbocycles. The highest BCUT2D eigenvalue weighted by Gasteiger charge is 2.49. The van der Waals surface area contributed by atoms with E-state index < -0.39 is 42.2 Å². The number of aromatic nitrogens is 2. The third-order valence-electron chi connectivity index (χ3n) is 4.01. The highest BCUT2D eigenvalue weighted by atomic mass is 35.5. The van der Waals surface area contributed by atoms with Crippen LogP contribution in [0.4, 0.5) is 17.5 Å². The molecule has 10 nitrogen and oxygen atoms in total. The maximum atomic E-state index is 12.2. The number of nitrogens with one attached hydrogen (secondary N) is 1. The molecule has 1 saturated heterocycles. The Kier molecular flexibility index (Phi) is 4.10. The van der Waals surface area contributed by atoms with E-state index in [0.29, 0.717) is 0 Å². The van der Waals surface area contributed by atoms with Crippen molar-refractivity contribution in [2.75, 3.05) is 28.8 Å². The number of nitrogen functional groups attached to an aromatic ring is 1. The molecule has 3 rings (SSSR count). The van der Waals surface area contributed by atoms with Crippen LogP contribution in [-0.4, -0.2) is 68.6 Å². The monoisotopic (exact) mass is 347 g/mol. The van der Waals surface area contributed by atoms with Gasteiger partial charge in [-0.1, -0.05) is 11.6 Å². The molecule has 2 aliphatic rings. The number of hydrogen-bond acceptors (Lipinski definition) is 9. The molecule has 1 fully saturated rings. The molecule has 0 saturated carbocycles. The lowest BCUT2D eigenvalue weighted by Gasteiger charge is -2.28. The zero-order valence-corrected chi connectivity index (χ0v) is 13.0. The highest BCUT2D eigenvalue weighted by Crippen LogP contribution is 2.38. The number of nitrogens with zero attached hydrogens (tertiary/aromatic N) is 3. The van der Waals surface area contributed by atoms with Crippen LogP contribution in [0.25, 0.3) is 0 Å². The maximum absolute atomic E-state index is 12.2. The van der Waals surface area contributed by atoms with E-state index in [-0.39, 0.29) is 24.1 Å². The number of halogens is 1. The Morgan fingerprint density at radius 3 is 2.78 bits per heavy atom. The summed E-state index contributed by atoms with van der Waals surface area (Å²) in [7, 11) is 0. The topological polar surface area (TPSA) is 148 Å². The number of hydrogen-bond donors (Lipinski definition) is 5. The lowest BCUT2D eigenvalue weighted by atomic mass is 10.1. The molecular weight excluding hydrogens is 330 g/mol. The molecule has 1 unspecified atom stereocenters. The summed E-state index contributed by atoms with van der Waals surface area (Å²) >= 11 is 6.11. The van der Waals surface area contributed by atoms with Crippen LogP contribution in [0.15, 0.2) is 4.79 Å². The van der Waals surface area contributed by atoms with Crippen LogP contribution in [0.3, 0.4) is 0 Å². The largest absolute Gasteiger partial charge is 0.394 e. The zero-order chi connectivity index (χ0) is 16.9. The van der Waals surface area contributed by atoms with Gasteiger partial charge in [-0.05, 0) is 6.92 Å². The third kappa shape index (κ3) is 2.52. The second-order valence-corrected chi connectivity index (χ2v) is 6.14. The van der Waals surface area contributed by atoms with Crippen molar-refractivity contribution in [3.63, 3.8) is 0 Å². The minimum atomic E-state index is -1.28. The Bertz CT molecular complexity index is 655. The first-order valence-electron chi connectivity index (χ1n) is 7.04. The standard InChI is InChI=1S/C12H18ClN5O5/c1-4(13)17-3-18(9-6(17)10(22)16-12(14)15-9)11-8(21)7(20)5(2-19)23-11/h4-5,7-8,11,19-21H,2-3H2,1H3,(H3,14,15,16,22)/t4?,5-,7-,8-,11-/m1/s1. The van der Waals surface area contributed by atoms with E-state index in [9.17, 15) is 20.1 Å². The fourth-order valence-corrected chi connectivity index (χ4v) is 3.02. The van der Waals surface area contributed by atoms with Gasteiger partial charge in [0.1, 0.15) is 29.5 Å². The van der Waals surface area contributed by atoms with E-state index in [1.807, 2.05) is 0 Å². The Balaban J connectivity index is 2.02. The summed E-state index contributed by atoms with van der Waals surface area (Å²) in [6, 6.07) is 0. The molecule has 3 heterocycles. The summed E-state index contributed by atoms with van der Waals surface area (Å²) in [6.45, 7) is 1.35. The number of aliphatic hydroxyl groups is 3. The molecule has 128 valence electrons. The molecule has 0 radical (unpaired) electrons. The van der Waals surface area contributed by atoms with Crippen LogP contribution >= 0.6 is 11.6 Å². The van der Waals surface area contributed by atoms with E-state index >= 15 is 0 Å². The fraction of sp³-hybridized carbons (Fsp3) is 0.667. The third-order valence-corrected chi connectivity index (χ3v) is 4.25. The van der Waals surface area contributed by atoms with Crippen molar-refractivity contribution in [3.8, 4) is 0 Å². The number of nitrogens with two attached hydrogens (primary N) is 1. The summed E-state index contributed by atoms with van der Waals surface area (Å²) in [5, 5.41) is 29.3. The minimum absolute atomic E-state index is 0.0884. The minimum Gasteiger partial charge on any atom is -0.394 e. The van der Waals surface area contributed by atoms with Crippen LogP contribution < -0.4 is 21.1 Å². The quantitative estimate of drug-likeness (QED) is 0.308. The number of H-pyrrole nitrogens is 1. The number of aliphatic hydroxyl groups excluding tert-OH is 3. The van der Waals surface area contributed by atoms with Crippen molar-refractivity contribution in [1.29, 1.82) is 0 Å². The molecule has 0 aromatic carbocycles. The first-order chi connectivity index (χ1) is 10.8. The summed E-state index contributed by atoms with van der Waals surface area (Å²) in [5.74, 6) is 0.114. The highest BCUT2D eigenvalue weighted by molar-refractivity contribution is 6.21. The van der Waals surface area contributed by atoms with Gasteiger partial charge in [-0.15, -0.1) is 0 Å². The van der Waals surface area contributed by atoms with Crippen LogP contribution in [0.5, 0.6) is 0 Å². The summed E-state index contributed by atoms with van der Waals surface area (Å²) < 4.78 is 5.50. The summed E-state index contributed by atoms with van der Waals surface area (Å²) in [5.41, 5.74) is 4.81. The lowest BCUT2D eigenvalue weighted by Crippen LogP contribution is -2.47. The van der Waals surface area contributed by atoms with Crippen molar-refractivity contribution in [1.82, 2.24) is 9.97 Å². The molecule has 0 amide bonds. The van der Waals surface area contributed by atoms with Crippen molar-refractivity contribution in [3.05, 3.63) is 10.4 Å². The predicted molar refractivity (Wildman–Crippen MR) is 82.2 cm³/mol. The average Bonchev–Trinajstić information content (AvgIpc) is 2.99. The number of alkyl halides is 1. The van der Waals surface area contributed by atoms with E-state index in [0.717, 1.165) is 0 Å². The van der Waals surface area contributed by atoms with Gasteiger partial charge in [-0.25, -0.2) is 0 Å². The molecular formula is C12H18ClN5O5. The molecule has 5 atom stereocenters. The number of fused-ring (bicyclic) bond motifs is 1. The van der Waals surface area contributed by atoms with Gasteiger partial charge in [0.15, 0.2) is 12.0 Å². The molecule has 0 spiro atoms. The van der Waals surface area contributed by atoms with E-state index in [1.54, 1.807) is 11.8 Å². The van der Waals surface area contributed by atoms with Gasteiger partial charge in [-0.3, -0.25) is 9.78 Å². The Hall–Kier alpha value is -1.59. The van der Waals surface area contributed by atoms with Crippen molar-refractivity contribution >= 4 is 29.1 Å². The molecule has 2 aliphatic heterocycles. The van der Waals surface area contributed by atoms with Crippen molar-refractivity contribution in [2.24, 2.45) is 0 Å². The Morgan fingerprint density at radius 2 is 2.22 bits per heavy atom. The van der Waals surface area contributed by atoms with Gasteiger partial charge in [-0.2, -0.15) is 4.98 Å². The zero-order valence-electron chi connectivity index (χ0n) is 12.3. The van der Waals surface area contributed by atoms with E-state index in [1.165, 1.54) is 4.90 Å². The van der Waals surface area contributed by atoms with Crippen LogP contribution in [0.1, 0.15) is 6.92 Å². The molecule has 0 bridgehead atoms. The Labute approximate surface area is 136 Å². The lowest BCUT2D eigenvalue weighted by molar-refractivity contribution is -0.0222. The fourth-order valence-electron chi connectivity index (χ4n) is 2.86. The van der Waals surface area contributed by atoms with Crippen molar-refractivity contribution < 1.29 is 20.1 Å². The summed E-state index contributed by atoms with van der Waals surface area (Å²) in [6.07, 6.45) is -4.46. The first-order valence-corrected chi connectivity index (χ1v) is 7.48. The van der Waals surface area contributed by atoms with Gasteiger partial charge in [0.05, 0.1) is 13.3 Å². The first kappa shape index (κ1) is 16.3. The Morgan fingerprint density at radius 1 is 1.52 bits per heavy atom. The van der Waals surface area contributed by atoms with Gasteiger partial charge in [0.2, 0.25) is 5.95 Å². The maximum Gasteiger partial charge on any atom is 0.278 e.